The molecule has 0 radical (unpaired) electrons. The van der Waals surface area contributed by atoms with E-state index >= 15 is 0 Å². The summed E-state index contributed by atoms with van der Waals surface area (Å²) in [4.78, 5) is 11.7. The van der Waals surface area contributed by atoms with E-state index in [9.17, 15) is 0 Å². The highest BCUT2D eigenvalue weighted by Crippen LogP contribution is 2.24. The molecule has 2 rings (SSSR count). The summed E-state index contributed by atoms with van der Waals surface area (Å²) in [7, 11) is 0. The van der Waals surface area contributed by atoms with Crippen molar-refractivity contribution in [3.05, 3.63) is 17.5 Å². The van der Waals surface area contributed by atoms with Crippen LogP contribution in [-0.2, 0) is 0 Å². The van der Waals surface area contributed by atoms with E-state index in [0.717, 1.165) is 37.0 Å². The average molecular weight is 248 g/mol. The highest BCUT2D eigenvalue weighted by Gasteiger charge is 2.31. The molecule has 0 unspecified atom stereocenters. The van der Waals surface area contributed by atoms with E-state index in [2.05, 4.69) is 49.0 Å². The van der Waals surface area contributed by atoms with Crippen LogP contribution in [-0.4, -0.2) is 35.1 Å². The van der Waals surface area contributed by atoms with Crippen LogP contribution in [0.25, 0.3) is 0 Å². The second-order valence-corrected chi connectivity index (χ2v) is 6.03. The Morgan fingerprint density at radius 1 is 1.33 bits per heavy atom. The lowest BCUT2D eigenvalue weighted by molar-refractivity contribution is 0.374. The van der Waals surface area contributed by atoms with Crippen LogP contribution in [0.2, 0.25) is 0 Å². The molecule has 100 valence electrons. The zero-order valence-corrected chi connectivity index (χ0v) is 12.1. The lowest BCUT2D eigenvalue weighted by atomic mass is 10.0. The van der Waals surface area contributed by atoms with Gasteiger partial charge >= 0.3 is 0 Å². The van der Waals surface area contributed by atoms with Crippen molar-refractivity contribution in [2.45, 2.75) is 46.1 Å². The minimum Gasteiger partial charge on any atom is -0.333 e. The van der Waals surface area contributed by atoms with Gasteiger partial charge in [-0.1, -0.05) is 13.8 Å². The van der Waals surface area contributed by atoms with Crippen molar-refractivity contribution in [1.29, 1.82) is 0 Å². The first-order valence-corrected chi connectivity index (χ1v) is 6.74. The molecule has 0 bridgehead atoms. The summed E-state index contributed by atoms with van der Waals surface area (Å²) in [5.41, 5.74) is 2.25. The molecule has 18 heavy (non-hydrogen) atoms. The van der Waals surface area contributed by atoms with Crippen LogP contribution in [0.15, 0.2) is 6.07 Å². The molecule has 4 heteroatoms. The minimum atomic E-state index is 0.0697. The summed E-state index contributed by atoms with van der Waals surface area (Å²) in [6.45, 7) is 13.8. The molecular formula is C14H24N4. The van der Waals surface area contributed by atoms with Crippen LogP contribution in [0.4, 0.5) is 5.95 Å². The van der Waals surface area contributed by atoms with Gasteiger partial charge in [0, 0.05) is 36.6 Å². The SMILES string of the molecule is Cc1cc(C(C)C)nc(N2CCNCC2(C)C)n1. The number of hydrogen-bond donors (Lipinski definition) is 1. The van der Waals surface area contributed by atoms with Crippen molar-refractivity contribution in [1.82, 2.24) is 15.3 Å². The van der Waals surface area contributed by atoms with Gasteiger partial charge in [-0.3, -0.25) is 0 Å². The van der Waals surface area contributed by atoms with Crippen molar-refractivity contribution in [3.8, 4) is 0 Å². The third-order valence-corrected chi connectivity index (χ3v) is 3.50. The normalized spacial score (nSPS) is 19.3. The van der Waals surface area contributed by atoms with Gasteiger partial charge in [0.25, 0.3) is 0 Å². The molecule has 0 aliphatic carbocycles. The van der Waals surface area contributed by atoms with Crippen molar-refractivity contribution in [2.75, 3.05) is 24.5 Å². The van der Waals surface area contributed by atoms with Gasteiger partial charge in [0.15, 0.2) is 0 Å². The largest absolute Gasteiger partial charge is 0.333 e. The number of piperazine rings is 1. The van der Waals surface area contributed by atoms with E-state index in [1.54, 1.807) is 0 Å². The standard InChI is InChI=1S/C14H24N4/c1-10(2)12-8-11(3)16-13(17-12)18-7-6-15-9-14(18,4)5/h8,10,15H,6-7,9H2,1-5H3. The molecule has 2 heterocycles. The van der Waals surface area contributed by atoms with Crippen molar-refractivity contribution < 1.29 is 0 Å². The third kappa shape index (κ3) is 2.64. The van der Waals surface area contributed by atoms with Gasteiger partial charge in [-0.25, -0.2) is 9.97 Å². The Hall–Kier alpha value is -1.16. The second-order valence-electron chi connectivity index (χ2n) is 6.03. The van der Waals surface area contributed by atoms with Gasteiger partial charge in [0.1, 0.15) is 0 Å². The predicted molar refractivity (Wildman–Crippen MR) is 75.2 cm³/mol. The third-order valence-electron chi connectivity index (χ3n) is 3.50. The molecule has 0 aromatic carbocycles. The lowest BCUT2D eigenvalue weighted by Crippen LogP contribution is -2.58. The van der Waals surface area contributed by atoms with Gasteiger partial charge in [-0.2, -0.15) is 0 Å². The Balaban J connectivity index is 2.37. The molecule has 1 aliphatic heterocycles. The van der Waals surface area contributed by atoms with Gasteiger partial charge in [0.2, 0.25) is 5.95 Å². The summed E-state index contributed by atoms with van der Waals surface area (Å²) >= 11 is 0. The maximum atomic E-state index is 4.74. The zero-order valence-electron chi connectivity index (χ0n) is 12.1. The smallest absolute Gasteiger partial charge is 0.226 e. The molecular weight excluding hydrogens is 224 g/mol. The molecule has 1 aromatic rings. The van der Waals surface area contributed by atoms with E-state index < -0.39 is 0 Å². The highest BCUT2D eigenvalue weighted by molar-refractivity contribution is 5.38. The first kappa shape index (κ1) is 13.3. The summed E-state index contributed by atoms with van der Waals surface area (Å²) < 4.78 is 0. The van der Waals surface area contributed by atoms with Gasteiger partial charge in [-0.15, -0.1) is 0 Å². The fourth-order valence-corrected chi connectivity index (χ4v) is 2.35. The first-order valence-electron chi connectivity index (χ1n) is 6.74. The monoisotopic (exact) mass is 248 g/mol. The fraction of sp³-hybridized carbons (Fsp3) is 0.714. The summed E-state index contributed by atoms with van der Waals surface area (Å²) in [5, 5.41) is 3.43. The average Bonchev–Trinajstić information content (AvgIpc) is 2.27. The highest BCUT2D eigenvalue weighted by atomic mass is 15.3. The Kier molecular flexibility index (Phi) is 3.57. The van der Waals surface area contributed by atoms with Crippen LogP contribution in [0.3, 0.4) is 0 Å². The molecule has 1 saturated heterocycles. The van der Waals surface area contributed by atoms with E-state index in [1.165, 1.54) is 0 Å². The second kappa shape index (κ2) is 4.84. The molecule has 1 fully saturated rings. The molecule has 0 amide bonds. The van der Waals surface area contributed by atoms with Crippen molar-refractivity contribution in [2.24, 2.45) is 0 Å². The Bertz CT molecular complexity index is 426. The number of nitrogens with zero attached hydrogens (tertiary/aromatic N) is 3. The van der Waals surface area contributed by atoms with E-state index in [1.807, 2.05) is 6.92 Å². The number of rotatable bonds is 2. The van der Waals surface area contributed by atoms with Crippen molar-refractivity contribution in [3.63, 3.8) is 0 Å². The van der Waals surface area contributed by atoms with Crippen LogP contribution < -0.4 is 10.2 Å². The Morgan fingerprint density at radius 2 is 2.06 bits per heavy atom. The number of anilines is 1. The van der Waals surface area contributed by atoms with E-state index in [4.69, 9.17) is 4.98 Å². The zero-order chi connectivity index (χ0) is 13.3. The van der Waals surface area contributed by atoms with Gasteiger partial charge in [0.05, 0.1) is 0 Å². The minimum absolute atomic E-state index is 0.0697. The molecule has 1 aliphatic rings. The van der Waals surface area contributed by atoms with E-state index in [0.29, 0.717) is 5.92 Å². The molecule has 0 atom stereocenters. The number of hydrogen-bond acceptors (Lipinski definition) is 4. The first-order chi connectivity index (χ1) is 8.40. The summed E-state index contributed by atoms with van der Waals surface area (Å²) in [6.07, 6.45) is 0. The molecule has 0 spiro atoms. The molecule has 0 saturated carbocycles. The van der Waals surface area contributed by atoms with Gasteiger partial charge < -0.3 is 10.2 Å². The predicted octanol–water partition coefficient (Wildman–Crippen LogP) is 2.10. The Morgan fingerprint density at radius 3 is 2.67 bits per heavy atom. The van der Waals surface area contributed by atoms with Crippen LogP contribution in [0, 0.1) is 6.92 Å². The van der Waals surface area contributed by atoms with Crippen LogP contribution in [0.1, 0.15) is 45.0 Å². The maximum Gasteiger partial charge on any atom is 0.226 e. The fourth-order valence-electron chi connectivity index (χ4n) is 2.35. The lowest BCUT2D eigenvalue weighted by Gasteiger charge is -2.43. The van der Waals surface area contributed by atoms with Gasteiger partial charge in [-0.05, 0) is 32.8 Å². The molecule has 4 nitrogen and oxygen atoms in total. The molecule has 1 aromatic heterocycles. The quantitative estimate of drug-likeness (QED) is 0.870. The van der Waals surface area contributed by atoms with Crippen molar-refractivity contribution >= 4 is 5.95 Å². The summed E-state index contributed by atoms with van der Waals surface area (Å²) in [6, 6.07) is 2.09. The van der Waals surface area contributed by atoms with Crippen LogP contribution in [0.5, 0.6) is 0 Å². The maximum absolute atomic E-state index is 4.74. The van der Waals surface area contributed by atoms with E-state index in [-0.39, 0.29) is 5.54 Å². The Labute approximate surface area is 110 Å². The number of aromatic nitrogens is 2. The topological polar surface area (TPSA) is 41.1 Å². The summed E-state index contributed by atoms with van der Waals surface area (Å²) in [5.74, 6) is 1.32. The molecule has 1 N–H and O–H groups in total. The van der Waals surface area contributed by atoms with Crippen LogP contribution >= 0.6 is 0 Å². The number of nitrogens with one attached hydrogen (secondary N) is 1. The number of aryl methyl sites for hydroxylation is 1.